The molecule has 1 unspecified atom stereocenters. The van der Waals surface area contributed by atoms with E-state index in [1.54, 1.807) is 72.8 Å². The Bertz CT molecular complexity index is 1330. The van der Waals surface area contributed by atoms with Crippen LogP contribution in [0, 0.1) is 0 Å². The fourth-order valence-corrected chi connectivity index (χ4v) is 5.82. The van der Waals surface area contributed by atoms with Crippen LogP contribution < -0.4 is 0 Å². The Hall–Kier alpha value is -2.75. The molecule has 5 atom stereocenters. The van der Waals surface area contributed by atoms with Crippen LogP contribution in [0.2, 0.25) is 10.0 Å². The molecule has 0 aromatic heterocycles. The standard InChI is InChI=1S/C29H29Cl2NO6S/c1-2-5-24(29(34)35)32-26(18-8-12-22(30)13-9-18)27(19-10-14-23(31)15-11-19)38-25(28(32)33)16-20-6-3-4-7-21(20)17-39(36)37/h3-4,6-15,24-27H,2,5,16-17H2,1H3,(H,34,35)(H,36,37)/p-1/t24-,25+,26-,27+/m1/s1. The van der Waals surface area contributed by atoms with Crippen LogP contribution in [-0.2, 0) is 37.6 Å². The van der Waals surface area contributed by atoms with Crippen molar-refractivity contribution in [1.29, 1.82) is 0 Å². The van der Waals surface area contributed by atoms with Gasteiger partial charge in [-0.3, -0.25) is 9.00 Å². The van der Waals surface area contributed by atoms with Crippen LogP contribution in [0.1, 0.15) is 54.2 Å². The molecule has 0 aliphatic carbocycles. The largest absolute Gasteiger partial charge is 0.772 e. The zero-order valence-electron chi connectivity index (χ0n) is 21.2. The molecule has 0 saturated carbocycles. The van der Waals surface area contributed by atoms with Gasteiger partial charge in [0.15, 0.2) is 0 Å². The minimum Gasteiger partial charge on any atom is -0.772 e. The Morgan fingerprint density at radius 3 is 2.10 bits per heavy atom. The van der Waals surface area contributed by atoms with E-state index in [1.807, 2.05) is 6.92 Å². The lowest BCUT2D eigenvalue weighted by molar-refractivity contribution is -0.184. The molecule has 10 heteroatoms. The number of carboxylic acids is 1. The Morgan fingerprint density at radius 1 is 1.00 bits per heavy atom. The number of aliphatic carboxylic acids is 1. The Labute approximate surface area is 240 Å². The molecule has 1 N–H and O–H groups in total. The highest BCUT2D eigenvalue weighted by Gasteiger charge is 2.48. The van der Waals surface area contributed by atoms with E-state index in [-0.39, 0.29) is 18.6 Å². The molecule has 1 saturated heterocycles. The number of morpholine rings is 1. The van der Waals surface area contributed by atoms with Crippen molar-refractivity contribution in [3.05, 3.63) is 105 Å². The van der Waals surface area contributed by atoms with Gasteiger partial charge in [0.1, 0.15) is 18.2 Å². The zero-order chi connectivity index (χ0) is 28.1. The van der Waals surface area contributed by atoms with Gasteiger partial charge in [0.2, 0.25) is 0 Å². The van der Waals surface area contributed by atoms with Crippen LogP contribution in [-0.4, -0.2) is 42.8 Å². The second-order valence-corrected chi connectivity index (χ2v) is 11.2. The molecule has 1 amide bonds. The zero-order valence-corrected chi connectivity index (χ0v) is 23.5. The second-order valence-electron chi connectivity index (χ2n) is 9.40. The van der Waals surface area contributed by atoms with Gasteiger partial charge >= 0.3 is 5.97 Å². The number of hydrogen-bond acceptors (Lipinski definition) is 5. The number of carboxylic acid groups (broad SMARTS) is 1. The molecule has 0 spiro atoms. The SMILES string of the molecule is CCC[C@H](C(=O)O)N1C(=O)[C@H](Cc2ccccc2CS(=O)[O-])O[C@@H](c2ccc(Cl)cc2)[C@H]1c1ccc(Cl)cc1. The maximum absolute atomic E-state index is 14.1. The van der Waals surface area contributed by atoms with Crippen molar-refractivity contribution in [2.24, 2.45) is 0 Å². The maximum atomic E-state index is 14.1. The van der Waals surface area contributed by atoms with E-state index in [4.69, 9.17) is 27.9 Å². The molecule has 0 radical (unpaired) electrons. The van der Waals surface area contributed by atoms with Crippen molar-refractivity contribution in [2.45, 2.75) is 56.2 Å². The monoisotopic (exact) mass is 588 g/mol. The van der Waals surface area contributed by atoms with Crippen molar-refractivity contribution in [1.82, 2.24) is 4.90 Å². The number of hydrogen-bond donors (Lipinski definition) is 1. The lowest BCUT2D eigenvalue weighted by Gasteiger charge is -2.47. The summed E-state index contributed by atoms with van der Waals surface area (Å²) in [6.07, 6.45) is -0.904. The van der Waals surface area contributed by atoms with Gasteiger partial charge in [0, 0.05) is 22.2 Å². The normalized spacial score (nSPS) is 21.0. The van der Waals surface area contributed by atoms with Crippen LogP contribution in [0.15, 0.2) is 72.8 Å². The number of carbonyl (C=O) groups excluding carboxylic acids is 1. The fraction of sp³-hybridized carbons (Fsp3) is 0.310. The first-order valence-corrected chi connectivity index (χ1v) is 14.5. The topological polar surface area (TPSA) is 107 Å². The molecule has 4 rings (SSSR count). The molecular weight excluding hydrogens is 561 g/mol. The third-order valence-corrected chi connectivity index (χ3v) is 7.87. The Balaban J connectivity index is 1.85. The van der Waals surface area contributed by atoms with Gasteiger partial charge in [-0.15, -0.1) is 0 Å². The number of halogens is 2. The van der Waals surface area contributed by atoms with E-state index in [9.17, 15) is 23.5 Å². The molecule has 3 aromatic carbocycles. The minimum atomic E-state index is -2.32. The summed E-state index contributed by atoms with van der Waals surface area (Å²) >= 11 is 9.98. The number of amides is 1. The molecule has 1 aliphatic rings. The first kappa shape index (κ1) is 29.2. The van der Waals surface area contributed by atoms with Gasteiger partial charge in [-0.1, -0.05) is 96.2 Å². The first-order chi connectivity index (χ1) is 18.7. The van der Waals surface area contributed by atoms with E-state index in [2.05, 4.69) is 0 Å². The fourth-order valence-electron chi connectivity index (χ4n) is 5.03. The molecule has 0 bridgehead atoms. The summed E-state index contributed by atoms with van der Waals surface area (Å²) in [6, 6.07) is 19.0. The van der Waals surface area contributed by atoms with Crippen LogP contribution in [0.5, 0.6) is 0 Å². The Kier molecular flexibility index (Phi) is 9.80. The minimum absolute atomic E-state index is 0.0819. The summed E-state index contributed by atoms with van der Waals surface area (Å²) in [5, 5.41) is 11.3. The van der Waals surface area contributed by atoms with E-state index < -0.39 is 47.2 Å². The quantitative estimate of drug-likeness (QED) is 0.296. The average Bonchev–Trinajstić information content (AvgIpc) is 2.90. The smallest absolute Gasteiger partial charge is 0.326 e. The van der Waals surface area contributed by atoms with Gasteiger partial charge in [0.25, 0.3) is 5.91 Å². The maximum Gasteiger partial charge on any atom is 0.326 e. The van der Waals surface area contributed by atoms with E-state index in [1.165, 1.54) is 4.90 Å². The number of carbonyl (C=O) groups is 2. The highest BCUT2D eigenvalue weighted by Crippen LogP contribution is 2.44. The third kappa shape index (κ3) is 6.88. The summed E-state index contributed by atoms with van der Waals surface area (Å²) < 4.78 is 29.4. The van der Waals surface area contributed by atoms with Crippen molar-refractivity contribution in [2.75, 3.05) is 0 Å². The molecule has 39 heavy (non-hydrogen) atoms. The highest BCUT2D eigenvalue weighted by atomic mass is 35.5. The van der Waals surface area contributed by atoms with Crippen LogP contribution in [0.25, 0.3) is 0 Å². The summed E-state index contributed by atoms with van der Waals surface area (Å²) in [7, 11) is 0. The summed E-state index contributed by atoms with van der Waals surface area (Å²) in [4.78, 5) is 28.1. The summed E-state index contributed by atoms with van der Waals surface area (Å²) in [5.74, 6) is -1.79. The molecule has 3 aromatic rings. The predicted octanol–water partition coefficient (Wildman–Crippen LogP) is 5.88. The molecule has 1 fully saturated rings. The average molecular weight is 590 g/mol. The number of ether oxygens (including phenoxy) is 1. The van der Waals surface area contributed by atoms with E-state index >= 15 is 0 Å². The predicted molar refractivity (Wildman–Crippen MR) is 149 cm³/mol. The van der Waals surface area contributed by atoms with Crippen molar-refractivity contribution in [3.8, 4) is 0 Å². The first-order valence-electron chi connectivity index (χ1n) is 12.5. The number of rotatable bonds is 10. The molecule has 7 nitrogen and oxygen atoms in total. The van der Waals surface area contributed by atoms with Gasteiger partial charge in [0.05, 0.1) is 6.04 Å². The molecule has 1 heterocycles. The molecule has 1 aliphatic heterocycles. The van der Waals surface area contributed by atoms with Gasteiger partial charge < -0.3 is 19.3 Å². The van der Waals surface area contributed by atoms with Crippen LogP contribution in [0.3, 0.4) is 0 Å². The van der Waals surface area contributed by atoms with Crippen molar-refractivity contribution < 1.29 is 28.2 Å². The van der Waals surface area contributed by atoms with Gasteiger partial charge in [-0.25, -0.2) is 4.79 Å². The van der Waals surface area contributed by atoms with E-state index in [0.717, 1.165) is 5.56 Å². The Morgan fingerprint density at radius 2 is 1.56 bits per heavy atom. The van der Waals surface area contributed by atoms with Crippen molar-refractivity contribution >= 4 is 46.2 Å². The molecular formula is C29H28Cl2NO6S-. The highest BCUT2D eigenvalue weighted by molar-refractivity contribution is 7.78. The van der Waals surface area contributed by atoms with Crippen LogP contribution in [0.4, 0.5) is 0 Å². The summed E-state index contributed by atoms with van der Waals surface area (Å²) in [5.41, 5.74) is 2.59. The van der Waals surface area contributed by atoms with Crippen LogP contribution >= 0.6 is 23.2 Å². The second kappa shape index (κ2) is 13.1. The lowest BCUT2D eigenvalue weighted by atomic mass is 9.88. The van der Waals surface area contributed by atoms with Gasteiger partial charge in [-0.05, 0) is 52.9 Å². The number of benzene rings is 3. The van der Waals surface area contributed by atoms with Crippen molar-refractivity contribution in [3.63, 3.8) is 0 Å². The van der Waals surface area contributed by atoms with Gasteiger partial charge in [-0.2, -0.15) is 0 Å². The lowest BCUT2D eigenvalue weighted by Crippen LogP contribution is -2.57. The third-order valence-electron chi connectivity index (χ3n) is 6.82. The molecule has 206 valence electrons. The van der Waals surface area contributed by atoms with E-state index in [0.29, 0.717) is 33.2 Å². The number of nitrogens with zero attached hydrogens (tertiary/aromatic N) is 1. The summed E-state index contributed by atoms with van der Waals surface area (Å²) in [6.45, 7) is 1.87.